The molecule has 0 bridgehead atoms. The molecule has 0 saturated carbocycles. The summed E-state index contributed by atoms with van der Waals surface area (Å²) < 4.78 is 2.45. The van der Waals surface area contributed by atoms with E-state index in [0.717, 1.165) is 5.69 Å². The summed E-state index contributed by atoms with van der Waals surface area (Å²) in [6.07, 6.45) is 0. The van der Waals surface area contributed by atoms with E-state index in [1.54, 1.807) is 0 Å². The average molecular weight is 825 g/mol. The molecule has 65 heavy (non-hydrogen) atoms. The Morgan fingerprint density at radius 3 is 1.75 bits per heavy atom. The molecule has 2 heteroatoms. The van der Waals surface area contributed by atoms with Crippen LogP contribution in [0.5, 0.6) is 0 Å². The van der Waals surface area contributed by atoms with Gasteiger partial charge in [-0.2, -0.15) is 0 Å². The van der Waals surface area contributed by atoms with Crippen LogP contribution < -0.4 is 4.90 Å². The van der Waals surface area contributed by atoms with Gasteiger partial charge in [-0.3, -0.25) is 0 Å². The van der Waals surface area contributed by atoms with E-state index >= 15 is 0 Å². The first-order valence-electron chi connectivity index (χ1n) is 22.6. The zero-order valence-corrected chi connectivity index (χ0v) is 35.5. The standard InChI is InChI=1S/C63H40N2/c1-4-20-43(21-5-1)63(44-22-6-2-7-23-44)54-30-14-12-28-52(54)61-55(63)38-37-51-50-36-35-46(49-29-17-33-59(60(49)50)64(62(51)61)45-24-8-3-9-25-45)42-34-39-58-53(40-42)48-27-13-15-31-57(48)65(58)56-32-16-19-41-18-10-11-26-47(41)56/h1-40H. The van der Waals surface area contributed by atoms with E-state index < -0.39 is 5.41 Å². The Bertz CT molecular complexity index is 3840. The van der Waals surface area contributed by atoms with Gasteiger partial charge in [-0.15, -0.1) is 0 Å². The number of fused-ring (bicyclic) bond motifs is 10. The van der Waals surface area contributed by atoms with Gasteiger partial charge in [0.1, 0.15) is 0 Å². The minimum Gasteiger partial charge on any atom is -0.309 e. The number of rotatable bonds is 5. The third-order valence-electron chi connectivity index (χ3n) is 14.4. The van der Waals surface area contributed by atoms with Crippen LogP contribution in [0.15, 0.2) is 243 Å². The van der Waals surface area contributed by atoms with E-state index in [2.05, 4.69) is 252 Å². The summed E-state index contributed by atoms with van der Waals surface area (Å²) in [4.78, 5) is 2.55. The highest BCUT2D eigenvalue weighted by atomic mass is 15.2. The smallest absolute Gasteiger partial charge is 0.0714 e. The lowest BCUT2D eigenvalue weighted by molar-refractivity contribution is 0.768. The normalized spacial score (nSPS) is 13.3. The van der Waals surface area contributed by atoms with Crippen LogP contribution in [-0.4, -0.2) is 4.57 Å². The predicted molar refractivity (Wildman–Crippen MR) is 272 cm³/mol. The van der Waals surface area contributed by atoms with Crippen LogP contribution in [0.25, 0.3) is 82.4 Å². The first-order valence-corrected chi connectivity index (χ1v) is 22.6. The minimum absolute atomic E-state index is 0.503. The zero-order chi connectivity index (χ0) is 42.6. The van der Waals surface area contributed by atoms with Gasteiger partial charge in [0.05, 0.1) is 33.5 Å². The number of hydrogen-bond acceptors (Lipinski definition) is 1. The maximum Gasteiger partial charge on any atom is 0.0714 e. The third kappa shape index (κ3) is 4.94. The SMILES string of the molecule is c1ccc(N2c3c(ccc4c3-c3ccccc3C4(c3ccccc3)c3ccccc3)-c3ccc(-c4ccc5c(c4)c4ccccc4n5-c4cccc5ccccc45)c4cccc2c34)cc1. The third-order valence-corrected chi connectivity index (χ3v) is 14.4. The van der Waals surface area contributed by atoms with Crippen LogP contribution in [0.1, 0.15) is 22.3 Å². The molecule has 0 saturated heterocycles. The molecule has 11 aromatic carbocycles. The number of hydrogen-bond donors (Lipinski definition) is 0. The molecule has 1 aliphatic heterocycles. The molecule has 0 spiro atoms. The summed E-state index contributed by atoms with van der Waals surface area (Å²) in [5.74, 6) is 0. The molecule has 302 valence electrons. The second-order valence-electron chi connectivity index (χ2n) is 17.5. The molecule has 0 amide bonds. The van der Waals surface area contributed by atoms with Crippen molar-refractivity contribution >= 4 is 60.4 Å². The molecule has 2 heterocycles. The Kier molecular flexibility index (Phi) is 7.64. The quantitative estimate of drug-likeness (QED) is 0.168. The summed E-state index contributed by atoms with van der Waals surface area (Å²) in [5, 5.41) is 7.49. The van der Waals surface area contributed by atoms with Crippen molar-refractivity contribution in [2.75, 3.05) is 4.90 Å². The van der Waals surface area contributed by atoms with Crippen molar-refractivity contribution in [1.82, 2.24) is 4.57 Å². The molecule has 2 aliphatic rings. The van der Waals surface area contributed by atoms with E-state index in [-0.39, 0.29) is 0 Å². The Labute approximate surface area is 377 Å². The lowest BCUT2D eigenvalue weighted by Gasteiger charge is -2.37. The summed E-state index contributed by atoms with van der Waals surface area (Å²) in [6.45, 7) is 0. The Morgan fingerprint density at radius 2 is 0.938 bits per heavy atom. The maximum absolute atomic E-state index is 2.55. The fourth-order valence-electron chi connectivity index (χ4n) is 11.8. The van der Waals surface area contributed by atoms with Gasteiger partial charge in [-0.1, -0.05) is 200 Å². The van der Waals surface area contributed by atoms with Crippen molar-refractivity contribution in [3.05, 3.63) is 265 Å². The molecule has 12 aromatic rings. The van der Waals surface area contributed by atoms with Gasteiger partial charge < -0.3 is 9.47 Å². The number of aromatic nitrogens is 1. The molecule has 0 atom stereocenters. The van der Waals surface area contributed by atoms with Crippen molar-refractivity contribution in [1.29, 1.82) is 0 Å². The predicted octanol–water partition coefficient (Wildman–Crippen LogP) is 16.6. The van der Waals surface area contributed by atoms with E-state index in [1.807, 2.05) is 0 Å². The van der Waals surface area contributed by atoms with Gasteiger partial charge in [-0.05, 0) is 97.7 Å². The van der Waals surface area contributed by atoms with Crippen LogP contribution in [0.4, 0.5) is 17.1 Å². The van der Waals surface area contributed by atoms with E-state index in [9.17, 15) is 0 Å². The summed E-state index contributed by atoms with van der Waals surface area (Å²) in [7, 11) is 0. The van der Waals surface area contributed by atoms with E-state index in [0.29, 0.717) is 0 Å². The number of para-hydroxylation sites is 2. The van der Waals surface area contributed by atoms with Crippen molar-refractivity contribution in [2.45, 2.75) is 5.41 Å². The first-order chi connectivity index (χ1) is 32.3. The monoisotopic (exact) mass is 824 g/mol. The average Bonchev–Trinajstić information content (AvgIpc) is 3.87. The lowest BCUT2D eigenvalue weighted by atomic mass is 9.67. The topological polar surface area (TPSA) is 8.17 Å². The number of nitrogens with zero attached hydrogens (tertiary/aromatic N) is 2. The van der Waals surface area contributed by atoms with Crippen molar-refractivity contribution < 1.29 is 0 Å². The van der Waals surface area contributed by atoms with Crippen LogP contribution in [0.3, 0.4) is 0 Å². The molecule has 2 nitrogen and oxygen atoms in total. The fourth-order valence-corrected chi connectivity index (χ4v) is 11.8. The second-order valence-corrected chi connectivity index (χ2v) is 17.5. The molecule has 0 radical (unpaired) electrons. The molecular weight excluding hydrogens is 785 g/mol. The van der Waals surface area contributed by atoms with Gasteiger partial charge in [-0.25, -0.2) is 0 Å². The zero-order valence-electron chi connectivity index (χ0n) is 35.5. The molecular formula is C63H40N2. The van der Waals surface area contributed by atoms with Crippen molar-refractivity contribution in [3.8, 4) is 39.1 Å². The maximum atomic E-state index is 2.55. The lowest BCUT2D eigenvalue weighted by Crippen LogP contribution is -2.28. The summed E-state index contributed by atoms with van der Waals surface area (Å²) >= 11 is 0. The summed E-state index contributed by atoms with van der Waals surface area (Å²) in [6, 6.07) is 90.1. The number of benzene rings is 11. The van der Waals surface area contributed by atoms with Crippen molar-refractivity contribution in [2.24, 2.45) is 0 Å². The van der Waals surface area contributed by atoms with Gasteiger partial charge in [0.2, 0.25) is 0 Å². The van der Waals surface area contributed by atoms with Gasteiger partial charge in [0.15, 0.2) is 0 Å². The van der Waals surface area contributed by atoms with Crippen LogP contribution >= 0.6 is 0 Å². The largest absolute Gasteiger partial charge is 0.309 e. The van der Waals surface area contributed by atoms with E-state index in [1.165, 1.54) is 116 Å². The number of anilines is 3. The van der Waals surface area contributed by atoms with Gasteiger partial charge in [0, 0.05) is 38.4 Å². The second kappa shape index (κ2) is 13.8. The first kappa shape index (κ1) is 36.1. The molecule has 14 rings (SSSR count). The highest BCUT2D eigenvalue weighted by molar-refractivity contribution is 6.21. The molecule has 0 unspecified atom stereocenters. The summed E-state index contributed by atoms with van der Waals surface area (Å²) in [5.41, 5.74) is 19.3. The van der Waals surface area contributed by atoms with Gasteiger partial charge >= 0.3 is 0 Å². The highest BCUT2D eigenvalue weighted by Crippen LogP contribution is 2.63. The molecule has 0 fully saturated rings. The highest BCUT2D eigenvalue weighted by Gasteiger charge is 2.48. The molecule has 1 aliphatic carbocycles. The van der Waals surface area contributed by atoms with Crippen molar-refractivity contribution in [3.63, 3.8) is 0 Å². The fraction of sp³-hybridized carbons (Fsp3) is 0.0159. The van der Waals surface area contributed by atoms with Crippen LogP contribution in [-0.2, 0) is 5.41 Å². The molecule has 0 N–H and O–H groups in total. The Hall–Kier alpha value is -8.46. The minimum atomic E-state index is -0.503. The molecule has 1 aromatic heterocycles. The van der Waals surface area contributed by atoms with Crippen LogP contribution in [0, 0.1) is 0 Å². The van der Waals surface area contributed by atoms with Crippen LogP contribution in [0.2, 0.25) is 0 Å². The van der Waals surface area contributed by atoms with E-state index in [4.69, 9.17) is 0 Å². The Morgan fingerprint density at radius 1 is 0.338 bits per heavy atom. The van der Waals surface area contributed by atoms with Gasteiger partial charge in [0.25, 0.3) is 0 Å². The Balaban J connectivity index is 1.03.